The minimum atomic E-state index is 0.562. The van der Waals surface area contributed by atoms with Crippen LogP contribution in [0.5, 0.6) is 0 Å². The lowest BCUT2D eigenvalue weighted by Crippen LogP contribution is -2.37. The molecule has 0 atom stereocenters. The molecule has 2 fully saturated rings. The summed E-state index contributed by atoms with van der Waals surface area (Å²) in [5, 5.41) is 3.92. The number of anilines is 1. The molecular weight excluding hydrogens is 302 g/mol. The van der Waals surface area contributed by atoms with Gasteiger partial charge in [-0.1, -0.05) is 18.0 Å². The predicted octanol–water partition coefficient (Wildman–Crippen LogP) is 2.89. The summed E-state index contributed by atoms with van der Waals surface area (Å²) < 4.78 is 5.38. The number of nitrogens with zero attached hydrogens (tertiary/aromatic N) is 5. The van der Waals surface area contributed by atoms with E-state index in [9.17, 15) is 0 Å². The van der Waals surface area contributed by atoms with E-state index >= 15 is 0 Å². The van der Waals surface area contributed by atoms with Crippen molar-refractivity contribution in [2.45, 2.75) is 45.1 Å². The van der Waals surface area contributed by atoms with E-state index in [0.717, 1.165) is 37.1 Å². The van der Waals surface area contributed by atoms with Gasteiger partial charge in [0.2, 0.25) is 0 Å². The Balaban J connectivity index is 1.53. The molecule has 1 aliphatic carbocycles. The normalized spacial score (nSPS) is 20.5. The SMILES string of the molecule is Cc1noc(-c2cccnc2N2CCCN(C3CCCC3)CC2)n1. The molecular formula is C18H25N5O. The minimum absolute atomic E-state index is 0.562. The third kappa shape index (κ3) is 3.15. The van der Waals surface area contributed by atoms with E-state index in [2.05, 4.69) is 24.9 Å². The standard InChI is InChI=1S/C18H25N5O/c1-14-20-18(24-21-14)16-8-4-9-19-17(16)23-11-5-10-22(12-13-23)15-6-2-3-7-15/h4,8-9,15H,2-3,5-7,10-13H2,1H3. The Bertz CT molecular complexity index is 680. The molecule has 24 heavy (non-hydrogen) atoms. The van der Waals surface area contributed by atoms with Crippen molar-refractivity contribution in [3.05, 3.63) is 24.2 Å². The molecule has 6 heteroatoms. The van der Waals surface area contributed by atoms with E-state index in [-0.39, 0.29) is 0 Å². The topological polar surface area (TPSA) is 58.3 Å². The first kappa shape index (κ1) is 15.6. The largest absolute Gasteiger partial charge is 0.355 e. The van der Waals surface area contributed by atoms with Gasteiger partial charge in [-0.05, 0) is 38.3 Å². The first-order valence-electron chi connectivity index (χ1n) is 9.06. The highest BCUT2D eigenvalue weighted by Gasteiger charge is 2.26. The highest BCUT2D eigenvalue weighted by molar-refractivity contribution is 5.69. The summed E-state index contributed by atoms with van der Waals surface area (Å²) in [6, 6.07) is 4.75. The Morgan fingerprint density at radius 1 is 1.08 bits per heavy atom. The summed E-state index contributed by atoms with van der Waals surface area (Å²) in [5.74, 6) is 2.19. The monoisotopic (exact) mass is 327 g/mol. The van der Waals surface area contributed by atoms with E-state index in [1.165, 1.54) is 38.6 Å². The zero-order chi connectivity index (χ0) is 16.4. The lowest BCUT2D eigenvalue weighted by atomic mass is 10.2. The highest BCUT2D eigenvalue weighted by Crippen LogP contribution is 2.29. The smallest absolute Gasteiger partial charge is 0.261 e. The van der Waals surface area contributed by atoms with Crippen LogP contribution in [0, 0.1) is 6.92 Å². The zero-order valence-corrected chi connectivity index (χ0v) is 14.3. The molecule has 0 spiro atoms. The molecule has 6 nitrogen and oxygen atoms in total. The van der Waals surface area contributed by atoms with Crippen molar-refractivity contribution in [1.29, 1.82) is 0 Å². The van der Waals surface area contributed by atoms with Crippen LogP contribution in [0.1, 0.15) is 37.9 Å². The Labute approximate surface area is 142 Å². The van der Waals surface area contributed by atoms with Gasteiger partial charge >= 0.3 is 0 Å². The number of hydrogen-bond donors (Lipinski definition) is 0. The summed E-state index contributed by atoms with van der Waals surface area (Å²) in [6.45, 7) is 6.19. The zero-order valence-electron chi connectivity index (χ0n) is 14.3. The van der Waals surface area contributed by atoms with E-state index in [0.29, 0.717) is 11.7 Å². The molecule has 0 N–H and O–H groups in total. The quantitative estimate of drug-likeness (QED) is 0.864. The van der Waals surface area contributed by atoms with Crippen LogP contribution in [0.25, 0.3) is 11.5 Å². The fourth-order valence-corrected chi connectivity index (χ4v) is 4.01. The van der Waals surface area contributed by atoms with Gasteiger partial charge in [-0.25, -0.2) is 4.98 Å². The second-order valence-corrected chi connectivity index (χ2v) is 6.84. The number of hydrogen-bond acceptors (Lipinski definition) is 6. The van der Waals surface area contributed by atoms with Crippen LogP contribution >= 0.6 is 0 Å². The second-order valence-electron chi connectivity index (χ2n) is 6.84. The molecule has 3 heterocycles. The first-order valence-corrected chi connectivity index (χ1v) is 9.06. The van der Waals surface area contributed by atoms with Crippen LogP contribution in [-0.2, 0) is 0 Å². The molecule has 1 saturated heterocycles. The number of pyridine rings is 1. The van der Waals surface area contributed by atoms with Crippen LogP contribution in [-0.4, -0.2) is 52.2 Å². The predicted molar refractivity (Wildman–Crippen MR) is 92.9 cm³/mol. The molecule has 0 unspecified atom stereocenters. The number of aromatic nitrogens is 3. The van der Waals surface area contributed by atoms with Gasteiger partial charge < -0.3 is 9.42 Å². The van der Waals surface area contributed by atoms with Gasteiger partial charge in [0.1, 0.15) is 5.82 Å². The average molecular weight is 327 g/mol. The molecule has 0 amide bonds. The van der Waals surface area contributed by atoms with E-state index in [4.69, 9.17) is 4.52 Å². The van der Waals surface area contributed by atoms with Crippen LogP contribution < -0.4 is 4.90 Å². The Morgan fingerprint density at radius 2 is 1.96 bits per heavy atom. The van der Waals surface area contributed by atoms with E-state index < -0.39 is 0 Å². The molecule has 2 aromatic heterocycles. The van der Waals surface area contributed by atoms with Crippen LogP contribution in [0.4, 0.5) is 5.82 Å². The van der Waals surface area contributed by atoms with Crippen molar-refractivity contribution < 1.29 is 4.52 Å². The van der Waals surface area contributed by atoms with Crippen LogP contribution in [0.3, 0.4) is 0 Å². The lowest BCUT2D eigenvalue weighted by Gasteiger charge is -2.27. The molecule has 2 aliphatic rings. The van der Waals surface area contributed by atoms with E-state index in [1.807, 2.05) is 25.3 Å². The Morgan fingerprint density at radius 3 is 2.75 bits per heavy atom. The van der Waals surface area contributed by atoms with Gasteiger partial charge in [-0.3, -0.25) is 4.90 Å². The molecule has 1 saturated carbocycles. The molecule has 128 valence electrons. The maximum Gasteiger partial charge on any atom is 0.261 e. The maximum absolute atomic E-state index is 5.38. The van der Waals surface area contributed by atoms with Crippen molar-refractivity contribution in [2.24, 2.45) is 0 Å². The van der Waals surface area contributed by atoms with Gasteiger partial charge in [-0.15, -0.1) is 0 Å². The number of rotatable bonds is 3. The summed E-state index contributed by atoms with van der Waals surface area (Å²) >= 11 is 0. The third-order valence-electron chi connectivity index (χ3n) is 5.22. The fourth-order valence-electron chi connectivity index (χ4n) is 4.01. The lowest BCUT2D eigenvalue weighted by molar-refractivity contribution is 0.213. The fraction of sp³-hybridized carbons (Fsp3) is 0.611. The van der Waals surface area contributed by atoms with Crippen LogP contribution in [0.2, 0.25) is 0 Å². The summed E-state index contributed by atoms with van der Waals surface area (Å²) in [6.07, 6.45) is 8.56. The first-order chi connectivity index (χ1) is 11.8. The van der Waals surface area contributed by atoms with Gasteiger partial charge in [0.25, 0.3) is 5.89 Å². The number of aryl methyl sites for hydroxylation is 1. The maximum atomic E-state index is 5.38. The Kier molecular flexibility index (Phi) is 4.47. The molecule has 2 aromatic rings. The summed E-state index contributed by atoms with van der Waals surface area (Å²) in [7, 11) is 0. The van der Waals surface area contributed by atoms with Crippen molar-refractivity contribution in [3.63, 3.8) is 0 Å². The third-order valence-corrected chi connectivity index (χ3v) is 5.22. The van der Waals surface area contributed by atoms with Crippen LogP contribution in [0.15, 0.2) is 22.9 Å². The highest BCUT2D eigenvalue weighted by atomic mass is 16.5. The van der Waals surface area contributed by atoms with E-state index in [1.54, 1.807) is 0 Å². The average Bonchev–Trinajstić information content (AvgIpc) is 3.22. The van der Waals surface area contributed by atoms with Gasteiger partial charge in [0.15, 0.2) is 5.82 Å². The van der Waals surface area contributed by atoms with Gasteiger partial charge in [0, 0.05) is 38.4 Å². The molecule has 0 aromatic carbocycles. The second kappa shape index (κ2) is 6.89. The Hall–Kier alpha value is -1.95. The van der Waals surface area contributed by atoms with Gasteiger partial charge in [0.05, 0.1) is 5.56 Å². The van der Waals surface area contributed by atoms with Crippen molar-refractivity contribution in [2.75, 3.05) is 31.1 Å². The summed E-state index contributed by atoms with van der Waals surface area (Å²) in [5.41, 5.74) is 0.937. The van der Waals surface area contributed by atoms with Crippen molar-refractivity contribution in [1.82, 2.24) is 20.0 Å². The molecule has 4 rings (SSSR count). The van der Waals surface area contributed by atoms with Crippen molar-refractivity contribution in [3.8, 4) is 11.5 Å². The van der Waals surface area contributed by atoms with Crippen molar-refractivity contribution >= 4 is 5.82 Å². The summed E-state index contributed by atoms with van der Waals surface area (Å²) in [4.78, 5) is 14.1. The molecule has 1 aliphatic heterocycles. The molecule has 0 bridgehead atoms. The minimum Gasteiger partial charge on any atom is -0.355 e. The molecule has 0 radical (unpaired) electrons. The van der Waals surface area contributed by atoms with Gasteiger partial charge in [-0.2, -0.15) is 4.98 Å².